The molecule has 4 nitrogen and oxygen atoms in total. The molecule has 0 unspecified atom stereocenters. The maximum atomic E-state index is 12.7. The highest BCUT2D eigenvalue weighted by molar-refractivity contribution is 14.1. The minimum Gasteiger partial charge on any atom is -0.487 e. The highest BCUT2D eigenvalue weighted by atomic mass is 127. The van der Waals surface area contributed by atoms with Crippen LogP contribution in [0.4, 0.5) is 5.69 Å². The quantitative estimate of drug-likeness (QED) is 0.125. The SMILES string of the molecule is Cc1ccc(NC(=O)/C(C#N)=C\c2cc(I)c(OCc3ccc4ccccc4c3)c(I)c2)cc1Cl. The van der Waals surface area contributed by atoms with Crippen LogP contribution >= 0.6 is 56.8 Å². The van der Waals surface area contributed by atoms with Gasteiger partial charge in [-0.2, -0.15) is 5.26 Å². The minimum absolute atomic E-state index is 0.00173. The van der Waals surface area contributed by atoms with Crippen LogP contribution in [0, 0.1) is 25.4 Å². The van der Waals surface area contributed by atoms with Gasteiger partial charge in [-0.05, 0) is 116 Å². The molecule has 4 rings (SSSR count). The fraction of sp³-hybridized carbons (Fsp3) is 0.0714. The van der Waals surface area contributed by atoms with E-state index in [-0.39, 0.29) is 5.57 Å². The van der Waals surface area contributed by atoms with Gasteiger partial charge < -0.3 is 10.1 Å². The van der Waals surface area contributed by atoms with Crippen LogP contribution in [0.5, 0.6) is 5.75 Å². The molecule has 4 aromatic rings. The van der Waals surface area contributed by atoms with E-state index in [4.69, 9.17) is 16.3 Å². The Morgan fingerprint density at radius 2 is 1.74 bits per heavy atom. The Balaban J connectivity index is 1.50. The molecule has 0 spiro atoms. The van der Waals surface area contributed by atoms with Gasteiger partial charge in [-0.1, -0.05) is 54.1 Å². The average Bonchev–Trinajstić information content (AvgIpc) is 2.84. The number of amides is 1. The zero-order valence-corrected chi connectivity index (χ0v) is 23.7. The van der Waals surface area contributed by atoms with E-state index < -0.39 is 5.91 Å². The van der Waals surface area contributed by atoms with Gasteiger partial charge in [0.2, 0.25) is 0 Å². The molecule has 174 valence electrons. The monoisotopic (exact) mass is 704 g/mol. The number of halogens is 3. The summed E-state index contributed by atoms with van der Waals surface area (Å²) in [6.07, 6.45) is 1.57. The molecule has 1 N–H and O–H groups in total. The molecular formula is C28H19ClI2N2O2. The Morgan fingerprint density at radius 1 is 1.03 bits per heavy atom. The molecule has 1 amide bonds. The first kappa shape index (κ1) is 25.5. The topological polar surface area (TPSA) is 62.1 Å². The van der Waals surface area contributed by atoms with E-state index in [2.05, 4.69) is 80.8 Å². The van der Waals surface area contributed by atoms with Crippen molar-refractivity contribution >= 4 is 85.2 Å². The molecule has 0 aliphatic carbocycles. The number of benzene rings is 4. The third-order valence-electron chi connectivity index (χ3n) is 5.32. The van der Waals surface area contributed by atoms with Crippen molar-refractivity contribution in [3.63, 3.8) is 0 Å². The number of nitrogens with zero attached hydrogens (tertiary/aromatic N) is 1. The molecule has 4 aromatic carbocycles. The lowest BCUT2D eigenvalue weighted by Crippen LogP contribution is -2.13. The van der Waals surface area contributed by atoms with E-state index in [9.17, 15) is 10.1 Å². The van der Waals surface area contributed by atoms with Gasteiger partial charge in [0.15, 0.2) is 0 Å². The molecule has 0 bridgehead atoms. The number of carbonyl (C=O) groups is 1. The summed E-state index contributed by atoms with van der Waals surface area (Å²) in [6, 6.07) is 25.5. The molecule has 0 saturated heterocycles. The van der Waals surface area contributed by atoms with Crippen LogP contribution < -0.4 is 10.1 Å². The summed E-state index contributed by atoms with van der Waals surface area (Å²) < 4.78 is 7.93. The fourth-order valence-corrected chi connectivity index (χ4v) is 5.78. The molecule has 0 heterocycles. The Kier molecular flexibility index (Phi) is 8.31. The van der Waals surface area contributed by atoms with Crippen molar-refractivity contribution < 1.29 is 9.53 Å². The second-order valence-electron chi connectivity index (χ2n) is 7.87. The summed E-state index contributed by atoms with van der Waals surface area (Å²) in [4.78, 5) is 12.7. The first-order valence-electron chi connectivity index (χ1n) is 10.6. The number of ether oxygens (including phenoxy) is 1. The smallest absolute Gasteiger partial charge is 0.266 e. The van der Waals surface area contributed by atoms with Crippen molar-refractivity contribution in [1.82, 2.24) is 0 Å². The highest BCUT2D eigenvalue weighted by Crippen LogP contribution is 2.31. The van der Waals surface area contributed by atoms with Crippen molar-refractivity contribution in [1.29, 1.82) is 5.26 Å². The molecule has 35 heavy (non-hydrogen) atoms. The zero-order chi connectivity index (χ0) is 24.9. The van der Waals surface area contributed by atoms with Gasteiger partial charge in [0.1, 0.15) is 24.0 Å². The van der Waals surface area contributed by atoms with Gasteiger partial charge in [-0.25, -0.2) is 0 Å². The zero-order valence-electron chi connectivity index (χ0n) is 18.6. The summed E-state index contributed by atoms with van der Waals surface area (Å²) in [7, 11) is 0. The Bertz CT molecular complexity index is 1490. The summed E-state index contributed by atoms with van der Waals surface area (Å²) in [6.45, 7) is 2.32. The second kappa shape index (κ2) is 11.4. The third kappa shape index (κ3) is 6.34. The largest absolute Gasteiger partial charge is 0.487 e. The van der Waals surface area contributed by atoms with Crippen molar-refractivity contribution in [2.24, 2.45) is 0 Å². The number of hydrogen-bond acceptors (Lipinski definition) is 3. The van der Waals surface area contributed by atoms with Crippen LogP contribution in [0.2, 0.25) is 5.02 Å². The number of nitrogens with one attached hydrogen (secondary N) is 1. The molecule has 0 fully saturated rings. The van der Waals surface area contributed by atoms with Gasteiger partial charge in [-0.15, -0.1) is 0 Å². The maximum Gasteiger partial charge on any atom is 0.266 e. The van der Waals surface area contributed by atoms with Crippen LogP contribution in [0.3, 0.4) is 0 Å². The van der Waals surface area contributed by atoms with Crippen LogP contribution in [0.15, 0.2) is 78.4 Å². The third-order valence-corrected chi connectivity index (χ3v) is 7.33. The van der Waals surface area contributed by atoms with Crippen molar-refractivity contribution in [3.8, 4) is 11.8 Å². The van der Waals surface area contributed by atoms with Crippen LogP contribution in [0.1, 0.15) is 16.7 Å². The van der Waals surface area contributed by atoms with E-state index in [1.165, 1.54) is 10.8 Å². The lowest BCUT2D eigenvalue weighted by atomic mass is 10.1. The Hall–Kier alpha value is -2.61. The van der Waals surface area contributed by atoms with Crippen molar-refractivity contribution in [2.45, 2.75) is 13.5 Å². The van der Waals surface area contributed by atoms with Gasteiger partial charge in [-0.3, -0.25) is 4.79 Å². The second-order valence-corrected chi connectivity index (χ2v) is 10.6. The molecule has 0 aliphatic heterocycles. The van der Waals surface area contributed by atoms with Crippen LogP contribution in [0.25, 0.3) is 16.8 Å². The van der Waals surface area contributed by atoms with Crippen LogP contribution in [-0.4, -0.2) is 5.91 Å². The molecule has 7 heteroatoms. The summed E-state index contributed by atoms with van der Waals surface area (Å²) in [5, 5.41) is 15.2. The highest BCUT2D eigenvalue weighted by Gasteiger charge is 2.13. The lowest BCUT2D eigenvalue weighted by molar-refractivity contribution is -0.112. The molecule has 0 aromatic heterocycles. The summed E-state index contributed by atoms with van der Waals surface area (Å²) >= 11 is 10.6. The van der Waals surface area contributed by atoms with Gasteiger partial charge in [0.05, 0.1) is 7.14 Å². The number of fused-ring (bicyclic) bond motifs is 1. The normalized spacial score (nSPS) is 11.2. The molecule has 0 saturated carbocycles. The van der Waals surface area contributed by atoms with Crippen molar-refractivity contribution in [3.05, 3.63) is 107 Å². The summed E-state index contributed by atoms with van der Waals surface area (Å²) in [5.41, 5.74) is 3.27. The number of hydrogen-bond donors (Lipinski definition) is 1. The molecule has 0 aliphatic rings. The van der Waals surface area contributed by atoms with E-state index >= 15 is 0 Å². The van der Waals surface area contributed by atoms with E-state index in [1.807, 2.05) is 43.3 Å². The summed E-state index contributed by atoms with van der Waals surface area (Å²) in [5.74, 6) is 0.280. The standard InChI is InChI=1S/C28H19ClI2N2O2/c1-17-6-9-23(14-24(17)29)33-28(34)22(15-32)11-19-12-25(30)27(26(31)13-19)35-16-18-7-8-20-4-2-3-5-21(20)10-18/h2-14H,16H2,1H3,(H,33,34)/b22-11-. The number of rotatable bonds is 6. The Morgan fingerprint density at radius 3 is 2.43 bits per heavy atom. The van der Waals surface area contributed by atoms with Gasteiger partial charge >= 0.3 is 0 Å². The number of aryl methyl sites for hydroxylation is 1. The maximum absolute atomic E-state index is 12.7. The molecule has 0 radical (unpaired) electrons. The number of carbonyl (C=O) groups excluding carboxylic acids is 1. The predicted octanol–water partition coefficient (Wildman–Crippen LogP) is 8.14. The predicted molar refractivity (Wildman–Crippen MR) is 159 cm³/mol. The minimum atomic E-state index is -0.492. The average molecular weight is 705 g/mol. The molecule has 0 atom stereocenters. The lowest BCUT2D eigenvalue weighted by Gasteiger charge is -2.12. The van der Waals surface area contributed by atoms with E-state index in [0.717, 1.165) is 29.6 Å². The van der Waals surface area contributed by atoms with Crippen LogP contribution in [-0.2, 0) is 11.4 Å². The van der Waals surface area contributed by atoms with E-state index in [0.29, 0.717) is 17.3 Å². The number of anilines is 1. The van der Waals surface area contributed by atoms with Gasteiger partial charge in [0.25, 0.3) is 5.91 Å². The van der Waals surface area contributed by atoms with E-state index in [1.54, 1.807) is 18.2 Å². The number of nitriles is 1. The van der Waals surface area contributed by atoms with Crippen molar-refractivity contribution in [2.75, 3.05) is 5.32 Å². The first-order chi connectivity index (χ1) is 16.8. The molecular weight excluding hydrogens is 686 g/mol. The Labute approximate surface area is 236 Å². The van der Waals surface area contributed by atoms with Gasteiger partial charge in [0, 0.05) is 10.7 Å². The first-order valence-corrected chi connectivity index (χ1v) is 13.2. The fourth-order valence-electron chi connectivity index (χ4n) is 3.47.